The number of fused-ring (bicyclic) bond motifs is 1. The molecule has 332 valence electrons. The van der Waals surface area contributed by atoms with Crippen LogP contribution in [-0.4, -0.2) is 8.75 Å². The zero-order chi connectivity index (χ0) is 44.4. The minimum atomic E-state index is 1.02. The first-order chi connectivity index (χ1) is 32.1. The zero-order valence-electron chi connectivity index (χ0n) is 37.4. The van der Waals surface area contributed by atoms with Crippen molar-refractivity contribution in [2.24, 2.45) is 0 Å². The molecule has 9 rings (SSSR count). The molecule has 0 amide bonds. The molecule has 9 heteroatoms. The summed E-state index contributed by atoms with van der Waals surface area (Å²) in [6.45, 7) is 4.59. The number of hydrogen-bond donors (Lipinski definition) is 0. The minimum Gasteiger partial charge on any atom is -0.311 e. The Kier molecular flexibility index (Phi) is 15.9. The summed E-state index contributed by atoms with van der Waals surface area (Å²) in [4.78, 5) is 11.7. The van der Waals surface area contributed by atoms with Gasteiger partial charge in [0.15, 0.2) is 0 Å². The van der Waals surface area contributed by atoms with E-state index in [1.165, 1.54) is 155 Å². The molecular weight excluding hydrogens is 955 g/mol. The fourth-order valence-corrected chi connectivity index (χ4v) is 14.5. The van der Waals surface area contributed by atoms with Crippen LogP contribution < -0.4 is 4.90 Å². The lowest BCUT2D eigenvalue weighted by Crippen LogP contribution is -2.09. The van der Waals surface area contributed by atoms with E-state index in [4.69, 9.17) is 8.75 Å². The third kappa shape index (κ3) is 11.0. The van der Waals surface area contributed by atoms with Crippen molar-refractivity contribution in [2.45, 2.75) is 104 Å². The second-order valence-electron chi connectivity index (χ2n) is 16.9. The largest absolute Gasteiger partial charge is 0.311 e. The maximum atomic E-state index is 5.01. The summed E-state index contributed by atoms with van der Waals surface area (Å²) in [7, 11) is 0. The lowest BCUT2D eigenvalue weighted by Gasteiger charge is -2.25. The fourth-order valence-electron chi connectivity index (χ4n) is 8.79. The number of anilines is 3. The average molecular weight is 1010 g/mol. The predicted octanol–water partition coefficient (Wildman–Crippen LogP) is 20.3. The second-order valence-corrected chi connectivity index (χ2v) is 23.1. The maximum absolute atomic E-state index is 5.01. The highest BCUT2D eigenvalue weighted by molar-refractivity contribution is 9.11. The molecule has 65 heavy (non-hydrogen) atoms. The first-order valence-corrected chi connectivity index (χ1v) is 28.2. The van der Waals surface area contributed by atoms with E-state index in [1.807, 2.05) is 45.3 Å². The van der Waals surface area contributed by atoms with Crippen molar-refractivity contribution in [1.82, 2.24) is 8.75 Å². The Hall–Kier alpha value is -4.22. The number of halogens is 1. The summed E-state index contributed by atoms with van der Waals surface area (Å²) in [5.41, 5.74) is 12.0. The summed E-state index contributed by atoms with van der Waals surface area (Å²) in [5.74, 6) is 0. The fraction of sp³-hybridized carbons (Fsp3) is 0.286. The summed E-state index contributed by atoms with van der Waals surface area (Å²) in [5, 5.41) is 0. The molecule has 0 bridgehead atoms. The number of hydrogen-bond acceptors (Lipinski definition) is 8. The highest BCUT2D eigenvalue weighted by Gasteiger charge is 2.22. The standard InChI is InChI=1S/C56H56BrN3S5/c1-3-5-7-9-11-15-21-40-37-50(63-55(40)48-34-33-47(61-48)39-27-29-44(30-28-39)60(42-23-17-13-18-24-42)43-25-19-14-20-26-43)45-31-32-46(54-53(45)58-65-59-54)51-38-41(22-16-12-10-8-6-4-2)56(64-51)49-35-36-52(57)62-49/h13-14,17-20,23-38H,3-12,15-16,21-22H2,1-2H3. The lowest BCUT2D eigenvalue weighted by atomic mass is 10.0. The Morgan fingerprint density at radius 3 is 1.40 bits per heavy atom. The van der Waals surface area contributed by atoms with Crippen LogP contribution in [0.25, 0.3) is 61.9 Å². The van der Waals surface area contributed by atoms with Crippen molar-refractivity contribution >= 4 is 101 Å². The average Bonchev–Trinajstić information content (AvgIpc) is 4.21. The molecule has 9 aromatic rings. The molecule has 0 saturated carbocycles. The molecule has 5 aromatic heterocycles. The molecule has 3 nitrogen and oxygen atoms in total. The highest BCUT2D eigenvalue weighted by Crippen LogP contribution is 2.48. The highest BCUT2D eigenvalue weighted by atomic mass is 79.9. The van der Waals surface area contributed by atoms with Gasteiger partial charge >= 0.3 is 0 Å². The van der Waals surface area contributed by atoms with Crippen LogP contribution >= 0.6 is 73.0 Å². The van der Waals surface area contributed by atoms with Gasteiger partial charge in [0.1, 0.15) is 11.0 Å². The third-order valence-corrected chi connectivity index (χ3v) is 18.3. The monoisotopic (exact) mass is 1010 g/mol. The number of unbranched alkanes of at least 4 members (excludes halogenated alkanes) is 10. The molecule has 0 aliphatic rings. The predicted molar refractivity (Wildman–Crippen MR) is 293 cm³/mol. The van der Waals surface area contributed by atoms with Gasteiger partial charge in [-0.05, 0) is 131 Å². The molecule has 0 radical (unpaired) electrons. The van der Waals surface area contributed by atoms with Crippen molar-refractivity contribution in [3.63, 3.8) is 0 Å². The first kappa shape index (κ1) is 45.9. The Labute approximate surface area is 414 Å². The summed E-state index contributed by atoms with van der Waals surface area (Å²) in [6, 6.07) is 49.0. The molecule has 0 saturated heterocycles. The number of thiophene rings is 4. The van der Waals surface area contributed by atoms with E-state index in [1.54, 1.807) is 0 Å². The minimum absolute atomic E-state index is 1.02. The van der Waals surface area contributed by atoms with Crippen molar-refractivity contribution in [3.8, 4) is 50.8 Å². The van der Waals surface area contributed by atoms with Gasteiger partial charge in [0.25, 0.3) is 0 Å². The van der Waals surface area contributed by atoms with Crippen molar-refractivity contribution < 1.29 is 0 Å². The van der Waals surface area contributed by atoms with E-state index in [0.717, 1.165) is 40.9 Å². The lowest BCUT2D eigenvalue weighted by molar-refractivity contribution is 0.608. The molecule has 0 unspecified atom stereocenters. The van der Waals surface area contributed by atoms with Gasteiger partial charge < -0.3 is 4.90 Å². The Bertz CT molecular complexity index is 2840. The second kappa shape index (κ2) is 22.5. The maximum Gasteiger partial charge on any atom is 0.114 e. The van der Waals surface area contributed by atoms with E-state index < -0.39 is 0 Å². The molecular formula is C56H56BrN3S5. The molecule has 5 heterocycles. The van der Waals surface area contributed by atoms with Gasteiger partial charge in [-0.2, -0.15) is 8.75 Å². The molecule has 0 aliphatic heterocycles. The van der Waals surface area contributed by atoms with Crippen LogP contribution in [-0.2, 0) is 12.8 Å². The Morgan fingerprint density at radius 2 is 0.892 bits per heavy atom. The smallest absolute Gasteiger partial charge is 0.114 e. The topological polar surface area (TPSA) is 29.0 Å². The number of aryl methyl sites for hydroxylation is 2. The van der Waals surface area contributed by atoms with Gasteiger partial charge in [-0.1, -0.05) is 139 Å². The quantitative estimate of drug-likeness (QED) is 0.0634. The number of nitrogens with zero attached hydrogens (tertiary/aromatic N) is 3. The van der Waals surface area contributed by atoms with Crippen LogP contribution in [0.5, 0.6) is 0 Å². The van der Waals surface area contributed by atoms with Gasteiger partial charge in [0, 0.05) is 62.3 Å². The van der Waals surface area contributed by atoms with E-state index in [2.05, 4.69) is 168 Å². The van der Waals surface area contributed by atoms with Crippen molar-refractivity contribution in [2.75, 3.05) is 4.90 Å². The number of aromatic nitrogens is 2. The molecule has 0 atom stereocenters. The molecule has 0 N–H and O–H groups in total. The molecule has 0 aliphatic carbocycles. The van der Waals surface area contributed by atoms with Crippen LogP contribution in [0.2, 0.25) is 0 Å². The van der Waals surface area contributed by atoms with E-state index >= 15 is 0 Å². The van der Waals surface area contributed by atoms with Gasteiger partial charge in [-0.3, -0.25) is 0 Å². The zero-order valence-corrected chi connectivity index (χ0v) is 43.0. The van der Waals surface area contributed by atoms with Crippen LogP contribution in [0.15, 0.2) is 137 Å². The van der Waals surface area contributed by atoms with Crippen molar-refractivity contribution in [1.29, 1.82) is 0 Å². The van der Waals surface area contributed by atoms with Gasteiger partial charge in [0.2, 0.25) is 0 Å². The van der Waals surface area contributed by atoms with Crippen molar-refractivity contribution in [3.05, 3.63) is 148 Å². The molecule has 0 fully saturated rings. The number of para-hydroxylation sites is 2. The van der Waals surface area contributed by atoms with Crippen LogP contribution in [0.4, 0.5) is 17.1 Å². The Balaban J connectivity index is 1.01. The summed E-state index contributed by atoms with van der Waals surface area (Å²) >= 11 is 12.7. The SMILES string of the molecule is CCCCCCCCc1cc(-c2ccc(-c3cc(CCCCCCCC)c(-c4ccc(-c5ccc(N(c6ccccc6)c6ccccc6)cc5)s4)s3)c3nsnc23)sc1-c1ccc(Br)s1. The summed E-state index contributed by atoms with van der Waals surface area (Å²) in [6.07, 6.45) is 17.8. The van der Waals surface area contributed by atoms with E-state index in [9.17, 15) is 0 Å². The molecule has 4 aromatic carbocycles. The number of rotatable bonds is 22. The van der Waals surface area contributed by atoms with Crippen LogP contribution in [0, 0.1) is 0 Å². The Morgan fingerprint density at radius 1 is 0.431 bits per heavy atom. The van der Waals surface area contributed by atoms with Gasteiger partial charge in [-0.15, -0.1) is 45.3 Å². The molecule has 0 spiro atoms. The van der Waals surface area contributed by atoms with Crippen LogP contribution in [0.3, 0.4) is 0 Å². The normalized spacial score (nSPS) is 11.6. The number of benzene rings is 4. The first-order valence-electron chi connectivity index (χ1n) is 23.5. The van der Waals surface area contributed by atoms with Gasteiger partial charge in [0.05, 0.1) is 15.5 Å². The van der Waals surface area contributed by atoms with Crippen LogP contribution in [0.1, 0.15) is 102 Å². The van der Waals surface area contributed by atoms with Gasteiger partial charge in [-0.25, -0.2) is 0 Å². The third-order valence-electron chi connectivity index (χ3n) is 12.2. The van der Waals surface area contributed by atoms with E-state index in [-0.39, 0.29) is 0 Å². The van der Waals surface area contributed by atoms with E-state index in [0.29, 0.717) is 0 Å². The summed E-state index contributed by atoms with van der Waals surface area (Å²) < 4.78 is 11.2.